The maximum absolute atomic E-state index is 11.6. The molecule has 0 aromatic heterocycles. The molecule has 1 aromatic carbocycles. The molecule has 0 saturated carbocycles. The first-order valence-corrected chi connectivity index (χ1v) is 8.06. The predicted octanol–water partition coefficient (Wildman–Crippen LogP) is 4.16. The molecule has 0 spiro atoms. The minimum atomic E-state index is -0.272. The molecule has 0 bridgehead atoms. The third-order valence-electron chi connectivity index (χ3n) is 4.51. The summed E-state index contributed by atoms with van der Waals surface area (Å²) < 4.78 is 5.00. The molecule has 0 saturated heterocycles. The van der Waals surface area contributed by atoms with E-state index in [2.05, 4.69) is 44.0 Å². The zero-order valence-electron chi connectivity index (χ0n) is 14.4. The highest BCUT2D eigenvalue weighted by Gasteiger charge is 2.28. The van der Waals surface area contributed by atoms with Gasteiger partial charge in [-0.05, 0) is 60.9 Å². The van der Waals surface area contributed by atoms with Crippen molar-refractivity contribution in [3.63, 3.8) is 0 Å². The van der Waals surface area contributed by atoms with Crippen LogP contribution in [0.15, 0.2) is 24.3 Å². The summed E-state index contributed by atoms with van der Waals surface area (Å²) >= 11 is 0. The van der Waals surface area contributed by atoms with Crippen molar-refractivity contribution < 1.29 is 9.53 Å². The number of hydrogen-bond donors (Lipinski definition) is 0. The lowest BCUT2D eigenvalue weighted by atomic mass is 9.79. The van der Waals surface area contributed by atoms with Crippen molar-refractivity contribution in [3.8, 4) is 0 Å². The third kappa shape index (κ3) is 3.52. The van der Waals surface area contributed by atoms with Gasteiger partial charge in [-0.3, -0.25) is 0 Å². The van der Waals surface area contributed by atoms with Gasteiger partial charge in [0.05, 0.1) is 6.61 Å². The maximum atomic E-state index is 11.6. The van der Waals surface area contributed by atoms with E-state index in [4.69, 9.17) is 4.74 Å². The molecule has 0 radical (unpaired) electrons. The number of carbonyl (C=O) groups is 1. The average molecular weight is 301 g/mol. The third-order valence-corrected chi connectivity index (χ3v) is 4.51. The van der Waals surface area contributed by atoms with Crippen molar-refractivity contribution in [2.24, 2.45) is 0 Å². The van der Waals surface area contributed by atoms with Crippen molar-refractivity contribution in [1.29, 1.82) is 0 Å². The smallest absolute Gasteiger partial charge is 0.331 e. The number of rotatable bonds is 3. The van der Waals surface area contributed by atoms with E-state index in [1.54, 1.807) is 6.08 Å². The van der Waals surface area contributed by atoms with E-state index in [0.717, 1.165) is 17.7 Å². The van der Waals surface area contributed by atoms with Gasteiger partial charge in [-0.1, -0.05) is 19.9 Å². The van der Waals surface area contributed by atoms with Crippen molar-refractivity contribution in [2.75, 3.05) is 25.1 Å². The van der Waals surface area contributed by atoms with Gasteiger partial charge in [-0.25, -0.2) is 4.79 Å². The molecule has 1 heterocycles. The highest BCUT2D eigenvalue weighted by molar-refractivity contribution is 5.91. The Balaban J connectivity index is 2.41. The standard InChI is InChI=1S/C19H27NO2/c1-6-22-18(21)12-14(2)15-8-9-17-16(13-15)19(3,4)10-7-11-20(17)5/h8-9,12-13H,6-7,10-11H2,1-5H3. The summed E-state index contributed by atoms with van der Waals surface area (Å²) in [6, 6.07) is 6.52. The molecule has 1 aromatic rings. The van der Waals surface area contributed by atoms with Gasteiger partial charge in [-0.15, -0.1) is 0 Å². The Bertz CT molecular complexity index is 587. The van der Waals surface area contributed by atoms with Gasteiger partial charge >= 0.3 is 5.97 Å². The summed E-state index contributed by atoms with van der Waals surface area (Å²) in [6.45, 7) is 9.89. The molecule has 0 amide bonds. The SMILES string of the molecule is CCOC(=O)C=C(C)c1ccc2c(c1)C(C)(C)CCCN2C. The summed E-state index contributed by atoms with van der Waals surface area (Å²) in [7, 11) is 2.15. The topological polar surface area (TPSA) is 29.5 Å². The number of benzene rings is 1. The number of ether oxygens (including phenoxy) is 1. The first kappa shape index (κ1) is 16.6. The summed E-state index contributed by atoms with van der Waals surface area (Å²) in [5.41, 5.74) is 4.86. The number of allylic oxidation sites excluding steroid dienone is 1. The fourth-order valence-corrected chi connectivity index (χ4v) is 3.11. The molecule has 3 nitrogen and oxygen atoms in total. The van der Waals surface area contributed by atoms with Gasteiger partial charge in [-0.2, -0.15) is 0 Å². The van der Waals surface area contributed by atoms with Crippen LogP contribution in [0.2, 0.25) is 0 Å². The van der Waals surface area contributed by atoms with Crippen molar-refractivity contribution in [2.45, 2.75) is 46.0 Å². The minimum Gasteiger partial charge on any atom is -0.463 e. The molecule has 1 aliphatic heterocycles. The largest absolute Gasteiger partial charge is 0.463 e. The van der Waals surface area contributed by atoms with E-state index in [9.17, 15) is 4.79 Å². The van der Waals surface area contributed by atoms with Crippen LogP contribution in [0.25, 0.3) is 5.57 Å². The Labute approximate surface area is 134 Å². The number of esters is 1. The summed E-state index contributed by atoms with van der Waals surface area (Å²) in [5.74, 6) is -0.272. The molecular weight excluding hydrogens is 274 g/mol. The van der Waals surface area contributed by atoms with Gasteiger partial charge in [0.25, 0.3) is 0 Å². The number of hydrogen-bond acceptors (Lipinski definition) is 3. The second kappa shape index (κ2) is 6.55. The highest BCUT2D eigenvalue weighted by Crippen LogP contribution is 2.39. The Hall–Kier alpha value is -1.77. The Morgan fingerprint density at radius 2 is 2.14 bits per heavy atom. The number of anilines is 1. The predicted molar refractivity (Wildman–Crippen MR) is 92.3 cm³/mol. The van der Waals surface area contributed by atoms with Gasteiger partial charge < -0.3 is 9.64 Å². The summed E-state index contributed by atoms with van der Waals surface area (Å²) in [6.07, 6.45) is 3.96. The number of nitrogens with zero attached hydrogens (tertiary/aromatic N) is 1. The minimum absolute atomic E-state index is 0.153. The molecule has 0 unspecified atom stereocenters. The van der Waals surface area contributed by atoms with Gasteiger partial charge in [0.1, 0.15) is 0 Å². The second-order valence-electron chi connectivity index (χ2n) is 6.72. The van der Waals surface area contributed by atoms with Crippen LogP contribution in [0.1, 0.15) is 51.7 Å². The lowest BCUT2D eigenvalue weighted by molar-refractivity contribution is -0.137. The van der Waals surface area contributed by atoms with E-state index in [-0.39, 0.29) is 11.4 Å². The first-order valence-electron chi connectivity index (χ1n) is 8.06. The van der Waals surface area contributed by atoms with E-state index in [0.29, 0.717) is 6.61 Å². The van der Waals surface area contributed by atoms with Crippen LogP contribution >= 0.6 is 0 Å². The van der Waals surface area contributed by atoms with Crippen LogP contribution in [0, 0.1) is 0 Å². The summed E-state index contributed by atoms with van der Waals surface area (Å²) in [5, 5.41) is 0. The van der Waals surface area contributed by atoms with E-state index >= 15 is 0 Å². The monoisotopic (exact) mass is 301 g/mol. The molecule has 0 aliphatic carbocycles. The van der Waals surface area contributed by atoms with Gasteiger partial charge in [0.15, 0.2) is 0 Å². The van der Waals surface area contributed by atoms with Crippen molar-refractivity contribution in [1.82, 2.24) is 0 Å². The van der Waals surface area contributed by atoms with E-state index in [1.165, 1.54) is 24.1 Å². The van der Waals surface area contributed by atoms with Crippen LogP contribution in [-0.4, -0.2) is 26.2 Å². The fourth-order valence-electron chi connectivity index (χ4n) is 3.11. The lowest BCUT2D eigenvalue weighted by Crippen LogP contribution is -2.19. The summed E-state index contributed by atoms with van der Waals surface area (Å²) in [4.78, 5) is 14.0. The van der Waals surface area contributed by atoms with E-state index in [1.807, 2.05) is 13.8 Å². The molecule has 3 heteroatoms. The lowest BCUT2D eigenvalue weighted by Gasteiger charge is -2.27. The zero-order chi connectivity index (χ0) is 16.3. The van der Waals surface area contributed by atoms with Crippen molar-refractivity contribution >= 4 is 17.2 Å². The van der Waals surface area contributed by atoms with Crippen molar-refractivity contribution in [3.05, 3.63) is 35.4 Å². The van der Waals surface area contributed by atoms with Crippen LogP contribution in [0.3, 0.4) is 0 Å². The molecule has 120 valence electrons. The second-order valence-corrected chi connectivity index (χ2v) is 6.72. The first-order chi connectivity index (χ1) is 10.3. The average Bonchev–Trinajstić information content (AvgIpc) is 2.56. The fraction of sp³-hybridized carbons (Fsp3) is 0.526. The van der Waals surface area contributed by atoms with E-state index < -0.39 is 0 Å². The molecule has 0 N–H and O–H groups in total. The molecular formula is C19H27NO2. The quantitative estimate of drug-likeness (QED) is 0.620. The number of carbonyl (C=O) groups excluding carboxylic acids is 1. The molecule has 1 aliphatic rings. The van der Waals surface area contributed by atoms with Crippen LogP contribution in [-0.2, 0) is 14.9 Å². The number of fused-ring (bicyclic) bond motifs is 1. The Morgan fingerprint density at radius 3 is 2.82 bits per heavy atom. The Morgan fingerprint density at radius 1 is 1.41 bits per heavy atom. The highest BCUT2D eigenvalue weighted by atomic mass is 16.5. The van der Waals surface area contributed by atoms with Gasteiger partial charge in [0.2, 0.25) is 0 Å². The normalized spacial score (nSPS) is 17.7. The molecule has 0 atom stereocenters. The molecule has 2 rings (SSSR count). The zero-order valence-corrected chi connectivity index (χ0v) is 14.4. The Kier molecular flexibility index (Phi) is 4.94. The molecule has 22 heavy (non-hydrogen) atoms. The van der Waals surface area contributed by atoms with Crippen LogP contribution < -0.4 is 4.90 Å². The maximum Gasteiger partial charge on any atom is 0.331 e. The van der Waals surface area contributed by atoms with Crippen LogP contribution in [0.4, 0.5) is 5.69 Å². The molecule has 0 fully saturated rings. The van der Waals surface area contributed by atoms with Crippen LogP contribution in [0.5, 0.6) is 0 Å². The van der Waals surface area contributed by atoms with Gasteiger partial charge in [0, 0.05) is 25.4 Å².